The topological polar surface area (TPSA) is 38.4 Å². The third kappa shape index (κ3) is 2.98. The molecule has 0 amide bonds. The first kappa shape index (κ1) is 11.9. The molecule has 2 rings (SSSR count). The maximum absolute atomic E-state index is 6.26. The predicted molar refractivity (Wildman–Crippen MR) is 73.6 cm³/mol. The average molecular weight is 247 g/mol. The van der Waals surface area contributed by atoms with Gasteiger partial charge in [0.1, 0.15) is 0 Å². The molecule has 0 unspecified atom stereocenters. The Hall–Kier alpha value is -1.54. The Bertz CT molecular complexity index is 472. The number of hydrogen-bond acceptors (Lipinski definition) is 2. The molecule has 0 atom stereocenters. The smallest absolute Gasteiger partial charge is 0.0629 e. The maximum atomic E-state index is 6.26. The van der Waals surface area contributed by atoms with E-state index in [1.807, 2.05) is 36.5 Å². The minimum atomic E-state index is 0.762. The Morgan fingerprint density at radius 2 is 1.94 bits per heavy atom. The molecule has 88 valence electrons. The maximum Gasteiger partial charge on any atom is 0.0629 e. The van der Waals surface area contributed by atoms with Crippen LogP contribution < -0.4 is 5.73 Å². The molecule has 1 aromatic carbocycles. The summed E-state index contributed by atoms with van der Waals surface area (Å²) in [5.41, 5.74) is 8.57. The number of nitrogens with zero attached hydrogens (tertiary/aromatic N) is 1. The van der Waals surface area contributed by atoms with E-state index in [1.165, 1.54) is 0 Å². The van der Waals surface area contributed by atoms with Crippen LogP contribution in [0.1, 0.15) is 19.3 Å². The van der Waals surface area contributed by atoms with Crippen molar-refractivity contribution in [2.24, 2.45) is 10.7 Å². The molecule has 1 aliphatic rings. The highest BCUT2D eigenvalue weighted by Gasteiger charge is 2.13. The SMILES string of the molecule is NC=C1CCCC(C=Nc2ccccc2)=C1Cl. The molecule has 0 saturated heterocycles. The quantitative estimate of drug-likeness (QED) is 0.790. The fraction of sp³-hybridized carbons (Fsp3) is 0.214. The van der Waals surface area contributed by atoms with Crippen molar-refractivity contribution in [3.63, 3.8) is 0 Å². The summed E-state index contributed by atoms with van der Waals surface area (Å²) in [7, 11) is 0. The lowest BCUT2D eigenvalue weighted by Gasteiger charge is -2.15. The fourth-order valence-corrected chi connectivity index (χ4v) is 2.14. The third-order valence-electron chi connectivity index (χ3n) is 2.78. The van der Waals surface area contributed by atoms with E-state index < -0.39 is 0 Å². The first-order valence-electron chi connectivity index (χ1n) is 5.70. The van der Waals surface area contributed by atoms with Crippen LogP contribution in [0.25, 0.3) is 0 Å². The molecule has 0 heterocycles. The Balaban J connectivity index is 2.21. The van der Waals surface area contributed by atoms with Crippen molar-refractivity contribution < 1.29 is 0 Å². The summed E-state index contributed by atoms with van der Waals surface area (Å²) in [5, 5.41) is 0.762. The number of nitrogens with two attached hydrogens (primary N) is 1. The Labute approximate surface area is 107 Å². The number of halogens is 1. The molecular formula is C14H15ClN2. The number of benzene rings is 1. The number of aliphatic imine (C=N–C) groups is 1. The van der Waals surface area contributed by atoms with Crippen LogP contribution in [0.2, 0.25) is 0 Å². The molecule has 0 radical (unpaired) electrons. The molecule has 0 fully saturated rings. The zero-order valence-electron chi connectivity index (χ0n) is 9.57. The largest absolute Gasteiger partial charge is 0.404 e. The molecular weight excluding hydrogens is 232 g/mol. The van der Waals surface area contributed by atoms with Gasteiger partial charge in [-0.3, -0.25) is 4.99 Å². The highest BCUT2D eigenvalue weighted by Crippen LogP contribution is 2.31. The summed E-state index contributed by atoms with van der Waals surface area (Å²) in [6, 6.07) is 9.84. The zero-order valence-corrected chi connectivity index (χ0v) is 10.3. The van der Waals surface area contributed by atoms with Gasteiger partial charge in [-0.05, 0) is 48.7 Å². The minimum absolute atomic E-state index is 0.762. The van der Waals surface area contributed by atoms with Crippen molar-refractivity contribution >= 4 is 23.5 Å². The van der Waals surface area contributed by atoms with Gasteiger partial charge in [-0.2, -0.15) is 0 Å². The summed E-state index contributed by atoms with van der Waals surface area (Å²) in [4.78, 5) is 4.41. The number of allylic oxidation sites excluding steroid dienone is 3. The van der Waals surface area contributed by atoms with Crippen LogP contribution in [-0.2, 0) is 0 Å². The van der Waals surface area contributed by atoms with Crippen LogP contribution in [-0.4, -0.2) is 6.21 Å². The van der Waals surface area contributed by atoms with Crippen molar-refractivity contribution in [1.29, 1.82) is 0 Å². The van der Waals surface area contributed by atoms with Gasteiger partial charge in [0.05, 0.1) is 5.69 Å². The minimum Gasteiger partial charge on any atom is -0.404 e. The second kappa shape index (κ2) is 5.69. The van der Waals surface area contributed by atoms with E-state index >= 15 is 0 Å². The summed E-state index contributed by atoms with van der Waals surface area (Å²) in [6.45, 7) is 0. The molecule has 0 aliphatic heterocycles. The van der Waals surface area contributed by atoms with Gasteiger partial charge in [-0.1, -0.05) is 29.8 Å². The summed E-state index contributed by atoms with van der Waals surface area (Å²) < 4.78 is 0. The molecule has 3 heteroatoms. The van der Waals surface area contributed by atoms with Gasteiger partial charge in [-0.25, -0.2) is 0 Å². The summed E-state index contributed by atoms with van der Waals surface area (Å²) in [6.07, 6.45) is 6.44. The van der Waals surface area contributed by atoms with Crippen molar-refractivity contribution in [3.8, 4) is 0 Å². The molecule has 2 N–H and O–H groups in total. The monoisotopic (exact) mass is 246 g/mol. The van der Waals surface area contributed by atoms with Crippen molar-refractivity contribution in [2.45, 2.75) is 19.3 Å². The Morgan fingerprint density at radius 1 is 1.18 bits per heavy atom. The van der Waals surface area contributed by atoms with Crippen LogP contribution in [0.4, 0.5) is 5.69 Å². The highest BCUT2D eigenvalue weighted by atomic mass is 35.5. The standard InChI is InChI=1S/C14H15ClN2/c15-14-11(9-16)5-4-6-12(14)10-17-13-7-2-1-3-8-13/h1-3,7-10H,4-6,16H2. The zero-order chi connectivity index (χ0) is 12.1. The molecule has 0 saturated carbocycles. The fourth-order valence-electron chi connectivity index (χ4n) is 1.84. The van der Waals surface area contributed by atoms with Crippen molar-refractivity contribution in [2.75, 3.05) is 0 Å². The molecule has 1 aromatic rings. The lowest BCUT2D eigenvalue weighted by Crippen LogP contribution is -2.02. The van der Waals surface area contributed by atoms with Gasteiger partial charge >= 0.3 is 0 Å². The van der Waals surface area contributed by atoms with Crippen LogP contribution >= 0.6 is 11.6 Å². The van der Waals surface area contributed by atoms with E-state index in [9.17, 15) is 0 Å². The van der Waals surface area contributed by atoms with Crippen molar-refractivity contribution in [1.82, 2.24) is 0 Å². The Kier molecular flexibility index (Phi) is 3.99. The number of rotatable bonds is 2. The average Bonchev–Trinajstić information content (AvgIpc) is 2.39. The van der Waals surface area contributed by atoms with Gasteiger partial charge in [0.25, 0.3) is 0 Å². The first-order chi connectivity index (χ1) is 8.31. The lowest BCUT2D eigenvalue weighted by atomic mass is 9.96. The molecule has 17 heavy (non-hydrogen) atoms. The second-order valence-electron chi connectivity index (χ2n) is 3.98. The van der Waals surface area contributed by atoms with E-state index in [1.54, 1.807) is 6.20 Å². The van der Waals surface area contributed by atoms with Crippen LogP contribution in [0.15, 0.2) is 57.7 Å². The second-order valence-corrected chi connectivity index (χ2v) is 4.36. The van der Waals surface area contributed by atoms with Crippen molar-refractivity contribution in [3.05, 3.63) is 52.7 Å². The predicted octanol–water partition coefficient (Wildman–Crippen LogP) is 3.91. The lowest BCUT2D eigenvalue weighted by molar-refractivity contribution is 0.799. The van der Waals surface area contributed by atoms with E-state index in [0.29, 0.717) is 0 Å². The molecule has 0 aromatic heterocycles. The van der Waals surface area contributed by atoms with E-state index in [0.717, 1.165) is 41.1 Å². The van der Waals surface area contributed by atoms with Gasteiger partial charge in [0.2, 0.25) is 0 Å². The summed E-state index contributed by atoms with van der Waals surface area (Å²) >= 11 is 6.26. The molecule has 1 aliphatic carbocycles. The molecule has 0 bridgehead atoms. The van der Waals surface area contributed by atoms with E-state index in [4.69, 9.17) is 17.3 Å². The van der Waals surface area contributed by atoms with Gasteiger partial charge in [0, 0.05) is 11.2 Å². The number of para-hydroxylation sites is 1. The molecule has 0 spiro atoms. The molecule has 2 nitrogen and oxygen atoms in total. The van der Waals surface area contributed by atoms with Crippen LogP contribution in [0, 0.1) is 0 Å². The normalized spacial score (nSPS) is 19.2. The third-order valence-corrected chi connectivity index (χ3v) is 3.27. The van der Waals surface area contributed by atoms with Gasteiger partial charge in [0.15, 0.2) is 0 Å². The number of hydrogen-bond donors (Lipinski definition) is 1. The summed E-state index contributed by atoms with van der Waals surface area (Å²) in [5.74, 6) is 0. The van der Waals surface area contributed by atoms with Crippen LogP contribution in [0.5, 0.6) is 0 Å². The van der Waals surface area contributed by atoms with Gasteiger partial charge in [-0.15, -0.1) is 0 Å². The van der Waals surface area contributed by atoms with E-state index in [2.05, 4.69) is 4.99 Å². The van der Waals surface area contributed by atoms with Gasteiger partial charge < -0.3 is 5.73 Å². The van der Waals surface area contributed by atoms with E-state index in [-0.39, 0.29) is 0 Å². The van der Waals surface area contributed by atoms with Crippen LogP contribution in [0.3, 0.4) is 0 Å². The Morgan fingerprint density at radius 3 is 2.65 bits per heavy atom. The first-order valence-corrected chi connectivity index (χ1v) is 6.08. The highest BCUT2D eigenvalue weighted by molar-refractivity contribution is 6.33.